The number of ketones is 1. The highest BCUT2D eigenvalue weighted by Gasteiger charge is 2.50. The van der Waals surface area contributed by atoms with Crippen molar-refractivity contribution in [3.05, 3.63) is 52.8 Å². The van der Waals surface area contributed by atoms with Crippen LogP contribution in [0.15, 0.2) is 41.2 Å². The fourth-order valence-electron chi connectivity index (χ4n) is 7.78. The first-order valence-corrected chi connectivity index (χ1v) is 19.4. The number of carbonyl (C=O) groups is 3. The minimum atomic E-state index is -2.04. The number of aliphatic hydroxyl groups is 2. The topological polar surface area (TPSA) is 229 Å². The van der Waals surface area contributed by atoms with Crippen LogP contribution in [0.1, 0.15) is 70.0 Å². The zero-order valence-corrected chi connectivity index (χ0v) is 34.4. The number of allylic oxidation sites excluding steroid dienone is 2. The van der Waals surface area contributed by atoms with E-state index in [4.69, 9.17) is 18.9 Å². The molecule has 1 saturated heterocycles. The summed E-state index contributed by atoms with van der Waals surface area (Å²) in [5.41, 5.74) is -0.364. The van der Waals surface area contributed by atoms with E-state index >= 15 is 0 Å². The molecule has 58 heavy (non-hydrogen) atoms. The molecule has 0 saturated carbocycles. The number of ether oxygens (including phenoxy) is 4. The van der Waals surface area contributed by atoms with Crippen molar-refractivity contribution in [3.8, 4) is 23.0 Å². The summed E-state index contributed by atoms with van der Waals surface area (Å²) >= 11 is 0. The van der Waals surface area contributed by atoms with Crippen LogP contribution in [-0.4, -0.2) is 118 Å². The van der Waals surface area contributed by atoms with Gasteiger partial charge in [-0.1, -0.05) is 45.9 Å². The summed E-state index contributed by atoms with van der Waals surface area (Å²) in [7, 11) is 1.44. The molecule has 0 aromatic heterocycles. The third-order valence-corrected chi connectivity index (χ3v) is 11.5. The third-order valence-electron chi connectivity index (χ3n) is 11.5. The van der Waals surface area contributed by atoms with Crippen molar-refractivity contribution in [2.45, 2.75) is 85.6 Å². The lowest BCUT2D eigenvalue weighted by Gasteiger charge is -2.38. The number of aliphatic hydroxyl groups excluding tert-OH is 2. The molecule has 4 heterocycles. The summed E-state index contributed by atoms with van der Waals surface area (Å²) in [6.07, 6.45) is 4.83. The Kier molecular flexibility index (Phi) is 13.5. The van der Waals surface area contributed by atoms with E-state index in [0.29, 0.717) is 26.2 Å². The first kappa shape index (κ1) is 44.0. The van der Waals surface area contributed by atoms with Crippen LogP contribution in [0.2, 0.25) is 0 Å². The normalized spacial score (nSPS) is 30.1. The van der Waals surface area contributed by atoms with Gasteiger partial charge >= 0.3 is 11.8 Å². The average Bonchev–Trinajstić information content (AvgIpc) is 3.46. The number of carbonyl (C=O) groups excluding carboxylic acids is 3. The van der Waals surface area contributed by atoms with Crippen molar-refractivity contribution in [2.75, 3.05) is 38.6 Å². The average molecular weight is 809 g/mol. The number of methoxy groups -OCH3 is 1. The first-order valence-electron chi connectivity index (χ1n) is 19.4. The van der Waals surface area contributed by atoms with Crippen LogP contribution in [0.25, 0.3) is 10.8 Å². The number of fused-ring (bicyclic) bond motifs is 14. The Bertz CT molecular complexity index is 2040. The number of anilines is 1. The van der Waals surface area contributed by atoms with Gasteiger partial charge in [0.25, 0.3) is 11.7 Å². The van der Waals surface area contributed by atoms with Crippen LogP contribution in [0.3, 0.4) is 0 Å². The van der Waals surface area contributed by atoms with Gasteiger partial charge in [-0.3, -0.25) is 19.4 Å². The number of phenolic OH excluding ortho intramolecular Hbond substituents is 3. The zero-order valence-electron chi connectivity index (χ0n) is 34.4. The number of piperazine rings is 1. The zero-order chi connectivity index (χ0) is 42.8. The van der Waals surface area contributed by atoms with E-state index in [0.717, 1.165) is 0 Å². The van der Waals surface area contributed by atoms with E-state index in [9.17, 15) is 39.9 Å². The van der Waals surface area contributed by atoms with E-state index in [-0.39, 0.29) is 44.5 Å². The molecule has 4 aliphatic heterocycles. The molecule has 16 nitrogen and oxygen atoms in total. The molecule has 2 aromatic carbocycles. The van der Waals surface area contributed by atoms with Gasteiger partial charge in [-0.25, -0.2) is 0 Å². The minimum absolute atomic E-state index is 0.0544. The van der Waals surface area contributed by atoms with Crippen LogP contribution in [0.5, 0.6) is 23.0 Å². The maximum Gasteiger partial charge on any atom is 0.312 e. The van der Waals surface area contributed by atoms with Crippen molar-refractivity contribution in [1.82, 2.24) is 10.3 Å². The maximum absolute atomic E-state index is 14.4. The standard InChI is InChI=1S/C42H56N4O12/c1-20-11-10-12-21(2)41(54)45-32-27(19-44-46-16-14-43-15-17-46)36(51)29-30(37(32)52)35(50)25(6)39-31(29)40(53)42(8,58-39)56-18-13-28(55-9)22(3)38(57-26(7)47)24(5)34(49)23(4)33(20)48/h10-13,18-20,22-24,28,33-34,38,43,48-52H,14-17H2,1-9H3,(H,45,54)/t20-,22-,23+,24+,28-,33-,34+,38+,42-/m0/s1. The van der Waals surface area contributed by atoms with Crippen molar-refractivity contribution in [1.29, 1.82) is 0 Å². The molecule has 16 heteroatoms. The molecule has 316 valence electrons. The molecule has 0 radical (unpaired) electrons. The summed E-state index contributed by atoms with van der Waals surface area (Å²) in [4.78, 5) is 40.4. The Morgan fingerprint density at radius 2 is 1.64 bits per heavy atom. The summed E-state index contributed by atoms with van der Waals surface area (Å²) in [5, 5.41) is 69.8. The largest absolute Gasteiger partial charge is 0.507 e. The highest BCUT2D eigenvalue weighted by atomic mass is 16.7. The van der Waals surface area contributed by atoms with Gasteiger partial charge in [0.2, 0.25) is 0 Å². The second-order valence-electron chi connectivity index (χ2n) is 15.6. The number of rotatable bonds is 4. The Balaban J connectivity index is 1.71. The molecule has 4 aliphatic rings. The quantitative estimate of drug-likeness (QED) is 0.100. The van der Waals surface area contributed by atoms with Gasteiger partial charge in [-0.15, -0.1) is 0 Å². The summed E-state index contributed by atoms with van der Waals surface area (Å²) in [6.45, 7) is 14.9. The molecule has 0 spiro atoms. The van der Waals surface area contributed by atoms with Crippen molar-refractivity contribution < 1.29 is 58.9 Å². The molecule has 0 unspecified atom stereocenters. The van der Waals surface area contributed by atoms with Gasteiger partial charge < -0.3 is 55.1 Å². The van der Waals surface area contributed by atoms with Crippen LogP contribution >= 0.6 is 0 Å². The number of benzene rings is 2. The van der Waals surface area contributed by atoms with Gasteiger partial charge in [0.05, 0.1) is 53.0 Å². The molecule has 7 N–H and O–H groups in total. The number of hydrazone groups is 1. The maximum atomic E-state index is 14.4. The molecule has 1 fully saturated rings. The smallest absolute Gasteiger partial charge is 0.312 e. The Morgan fingerprint density at radius 3 is 2.28 bits per heavy atom. The number of hydrogen-bond donors (Lipinski definition) is 7. The lowest BCUT2D eigenvalue weighted by molar-refractivity contribution is -0.160. The molecule has 0 aliphatic carbocycles. The Morgan fingerprint density at radius 1 is 0.966 bits per heavy atom. The second kappa shape index (κ2) is 17.8. The number of Topliss-reactive ketones (excluding diaryl/α,β-unsaturated/α-hetero) is 1. The predicted octanol–water partition coefficient (Wildman–Crippen LogP) is 3.99. The van der Waals surface area contributed by atoms with Crippen molar-refractivity contribution >= 4 is 40.3 Å². The van der Waals surface area contributed by atoms with Crippen molar-refractivity contribution in [3.63, 3.8) is 0 Å². The minimum Gasteiger partial charge on any atom is -0.507 e. The fraction of sp³-hybridized carbons (Fsp3) is 0.524. The molecular formula is C42H56N4O12. The third kappa shape index (κ3) is 8.51. The molecule has 2 aromatic rings. The Hall–Kier alpha value is -5.16. The van der Waals surface area contributed by atoms with E-state index in [1.54, 1.807) is 44.9 Å². The number of esters is 1. The highest BCUT2D eigenvalue weighted by Crippen LogP contribution is 2.55. The monoisotopic (exact) mass is 808 g/mol. The van der Waals surface area contributed by atoms with E-state index < -0.39 is 88.8 Å². The second-order valence-corrected chi connectivity index (χ2v) is 15.6. The van der Waals surface area contributed by atoms with E-state index in [1.807, 2.05) is 0 Å². The number of phenols is 3. The molecule has 9 atom stereocenters. The fourth-order valence-corrected chi connectivity index (χ4v) is 7.78. The van der Waals surface area contributed by atoms with Crippen LogP contribution < -0.4 is 15.4 Å². The lowest BCUT2D eigenvalue weighted by Crippen LogP contribution is -2.46. The summed E-state index contributed by atoms with van der Waals surface area (Å²) < 4.78 is 23.6. The number of nitrogens with zero attached hydrogens (tertiary/aromatic N) is 2. The highest BCUT2D eigenvalue weighted by molar-refractivity contribution is 6.23. The van der Waals surface area contributed by atoms with Crippen LogP contribution in [0, 0.1) is 30.6 Å². The van der Waals surface area contributed by atoms with Gasteiger partial charge in [-0.05, 0) is 19.9 Å². The number of aromatic hydroxyl groups is 3. The Labute approximate surface area is 337 Å². The summed E-state index contributed by atoms with van der Waals surface area (Å²) in [5.74, 6) is -8.36. The van der Waals surface area contributed by atoms with E-state index in [1.165, 1.54) is 59.4 Å². The van der Waals surface area contributed by atoms with Gasteiger partial charge in [0.1, 0.15) is 23.4 Å². The van der Waals surface area contributed by atoms with Crippen molar-refractivity contribution in [2.24, 2.45) is 28.8 Å². The van der Waals surface area contributed by atoms with Crippen LogP contribution in [-0.2, 0) is 23.8 Å². The molecule has 5 bridgehead atoms. The number of amides is 1. The van der Waals surface area contributed by atoms with Crippen LogP contribution in [0.4, 0.5) is 5.69 Å². The lowest BCUT2D eigenvalue weighted by atomic mass is 9.78. The SMILES string of the molecule is CO[C@H]1C=CO[C@@]2(C)Oc3c(C)c(O)c4c(O)c(c(C=NN5CCNCC5)c(O)c4c3C2=O)NC(=O)C(C)=CC=C[C@H](C)[C@H](O)[C@@H](C)[C@@H](O)[C@@H](C)[C@H](OC(C)=O)[C@H]1C. The van der Waals surface area contributed by atoms with Gasteiger partial charge in [-0.2, -0.15) is 5.10 Å². The molecular weight excluding hydrogens is 752 g/mol. The van der Waals surface area contributed by atoms with E-state index in [2.05, 4.69) is 15.7 Å². The summed E-state index contributed by atoms with van der Waals surface area (Å²) in [6, 6.07) is 0. The van der Waals surface area contributed by atoms with Gasteiger partial charge in [0.15, 0.2) is 5.75 Å². The number of hydrogen-bond acceptors (Lipinski definition) is 15. The predicted molar refractivity (Wildman–Crippen MR) is 216 cm³/mol. The molecule has 6 rings (SSSR count). The first-order chi connectivity index (χ1) is 27.3. The molecule has 1 amide bonds. The number of nitrogens with one attached hydrogen (secondary N) is 2. The van der Waals surface area contributed by atoms with Gasteiger partial charge in [0, 0.05) is 87.3 Å².